The van der Waals surface area contributed by atoms with Gasteiger partial charge in [0.2, 0.25) is 0 Å². The minimum absolute atomic E-state index is 0.0489. The maximum absolute atomic E-state index is 12.5. The van der Waals surface area contributed by atoms with Crippen molar-refractivity contribution in [2.75, 3.05) is 26.4 Å². The number of rotatable bonds is 37. The first-order chi connectivity index (χ1) is 25.8. The molecule has 10 heteroatoms. The Balaban J connectivity index is 4.00. The fourth-order valence-corrected chi connectivity index (χ4v) is 5.87. The van der Waals surface area contributed by atoms with Gasteiger partial charge in [-0.1, -0.05) is 151 Å². The Hall–Kier alpha value is -2.55. The van der Waals surface area contributed by atoms with E-state index in [1.807, 2.05) is 0 Å². The molecule has 0 aliphatic carbocycles. The van der Waals surface area contributed by atoms with E-state index in [2.05, 4.69) is 86.8 Å². The molecule has 0 saturated heterocycles. The molecule has 0 aromatic heterocycles. The predicted molar refractivity (Wildman–Crippen MR) is 219 cm³/mol. The number of carbonyl (C=O) groups excluding carboxylic acids is 2. The van der Waals surface area contributed by atoms with Crippen LogP contribution in [0.2, 0.25) is 0 Å². The van der Waals surface area contributed by atoms with E-state index in [4.69, 9.17) is 24.3 Å². The second-order valence-electron chi connectivity index (χ2n) is 13.1. The van der Waals surface area contributed by atoms with Crippen LogP contribution >= 0.6 is 7.82 Å². The molecule has 0 heterocycles. The molecule has 2 unspecified atom stereocenters. The third-order valence-corrected chi connectivity index (χ3v) is 9.09. The topological polar surface area (TPSA) is 134 Å². The lowest BCUT2D eigenvalue weighted by molar-refractivity contribution is -0.161. The summed E-state index contributed by atoms with van der Waals surface area (Å²) < 4.78 is 32.5. The monoisotopic (exact) mass is 764 g/mol. The maximum atomic E-state index is 12.5. The van der Waals surface area contributed by atoms with Crippen molar-refractivity contribution in [3.05, 3.63) is 72.9 Å². The first-order valence-electron chi connectivity index (χ1n) is 20.4. The molecule has 0 amide bonds. The zero-order chi connectivity index (χ0) is 38.9. The van der Waals surface area contributed by atoms with Crippen LogP contribution in [0.1, 0.15) is 155 Å². The van der Waals surface area contributed by atoms with E-state index < -0.39 is 32.5 Å². The van der Waals surface area contributed by atoms with Crippen molar-refractivity contribution in [3.63, 3.8) is 0 Å². The number of carbonyl (C=O) groups is 2. The van der Waals surface area contributed by atoms with Gasteiger partial charge in [-0.05, 0) is 64.2 Å². The number of ether oxygens (including phenoxy) is 2. The first-order valence-corrected chi connectivity index (χ1v) is 21.9. The molecule has 304 valence electrons. The molecule has 0 aromatic rings. The molecule has 53 heavy (non-hydrogen) atoms. The number of hydrogen-bond donors (Lipinski definition) is 2. The summed E-state index contributed by atoms with van der Waals surface area (Å²) in [5.41, 5.74) is 5.32. The third-order valence-electron chi connectivity index (χ3n) is 8.11. The van der Waals surface area contributed by atoms with Crippen molar-refractivity contribution in [3.8, 4) is 0 Å². The van der Waals surface area contributed by atoms with Gasteiger partial charge < -0.3 is 20.1 Å². The molecule has 0 radical (unpaired) electrons. The summed E-state index contributed by atoms with van der Waals surface area (Å²) in [6.07, 6.45) is 47.0. The zero-order valence-corrected chi connectivity index (χ0v) is 34.1. The summed E-state index contributed by atoms with van der Waals surface area (Å²) in [4.78, 5) is 34.5. The Morgan fingerprint density at radius 2 is 1.04 bits per heavy atom. The number of hydrogen-bond acceptors (Lipinski definition) is 8. The van der Waals surface area contributed by atoms with Crippen LogP contribution in [0.15, 0.2) is 72.9 Å². The fourth-order valence-electron chi connectivity index (χ4n) is 5.11. The van der Waals surface area contributed by atoms with Gasteiger partial charge in [-0.3, -0.25) is 18.6 Å². The predicted octanol–water partition coefficient (Wildman–Crippen LogP) is 11.5. The highest BCUT2D eigenvalue weighted by molar-refractivity contribution is 7.47. The number of unbranched alkanes of at least 4 members (excludes halogenated alkanes) is 12. The Bertz CT molecular complexity index is 1100. The van der Waals surface area contributed by atoms with E-state index in [9.17, 15) is 19.0 Å². The van der Waals surface area contributed by atoms with Crippen LogP contribution in [-0.2, 0) is 32.7 Å². The van der Waals surface area contributed by atoms with Gasteiger partial charge in [0.25, 0.3) is 0 Å². The van der Waals surface area contributed by atoms with E-state index >= 15 is 0 Å². The highest BCUT2D eigenvalue weighted by atomic mass is 31.2. The minimum atomic E-state index is -4.37. The van der Waals surface area contributed by atoms with E-state index in [1.54, 1.807) is 0 Å². The zero-order valence-electron chi connectivity index (χ0n) is 33.2. The second-order valence-corrected chi connectivity index (χ2v) is 14.6. The van der Waals surface area contributed by atoms with Crippen molar-refractivity contribution in [2.45, 2.75) is 161 Å². The van der Waals surface area contributed by atoms with E-state index in [-0.39, 0.29) is 32.6 Å². The average molecular weight is 764 g/mol. The van der Waals surface area contributed by atoms with Crippen LogP contribution in [0.5, 0.6) is 0 Å². The van der Waals surface area contributed by atoms with Gasteiger partial charge in [0.05, 0.1) is 13.2 Å². The van der Waals surface area contributed by atoms with Crippen LogP contribution in [0.25, 0.3) is 0 Å². The van der Waals surface area contributed by atoms with Crippen molar-refractivity contribution in [1.29, 1.82) is 0 Å². The molecule has 0 aliphatic rings. The maximum Gasteiger partial charge on any atom is 0.472 e. The number of nitrogens with two attached hydrogens (primary N) is 1. The summed E-state index contributed by atoms with van der Waals surface area (Å²) in [6.45, 7) is 3.48. The molecule has 9 nitrogen and oxygen atoms in total. The molecular weight excluding hydrogens is 689 g/mol. The summed E-state index contributed by atoms with van der Waals surface area (Å²) >= 11 is 0. The summed E-state index contributed by atoms with van der Waals surface area (Å²) in [5, 5.41) is 0. The van der Waals surface area contributed by atoms with Crippen LogP contribution in [0.4, 0.5) is 0 Å². The Morgan fingerprint density at radius 1 is 0.585 bits per heavy atom. The lowest BCUT2D eigenvalue weighted by Gasteiger charge is -2.19. The van der Waals surface area contributed by atoms with Crippen molar-refractivity contribution in [1.82, 2.24) is 0 Å². The molecule has 0 aromatic carbocycles. The van der Waals surface area contributed by atoms with Crippen LogP contribution in [-0.4, -0.2) is 49.3 Å². The number of phosphoric acid groups is 1. The largest absolute Gasteiger partial charge is 0.472 e. The molecule has 3 N–H and O–H groups in total. The van der Waals surface area contributed by atoms with Crippen LogP contribution in [0.3, 0.4) is 0 Å². The van der Waals surface area contributed by atoms with E-state index in [0.29, 0.717) is 6.42 Å². The van der Waals surface area contributed by atoms with Gasteiger partial charge in [-0.15, -0.1) is 0 Å². The summed E-state index contributed by atoms with van der Waals surface area (Å²) in [5.74, 6) is -0.859. The highest BCUT2D eigenvalue weighted by Gasteiger charge is 2.25. The summed E-state index contributed by atoms with van der Waals surface area (Å²) in [6, 6.07) is 0. The fraction of sp³-hybridized carbons (Fsp3) is 0.674. The third kappa shape index (κ3) is 39.0. The molecular formula is C43H74NO8P. The quantitative estimate of drug-likeness (QED) is 0.0274. The van der Waals surface area contributed by atoms with Gasteiger partial charge in [0.1, 0.15) is 6.61 Å². The number of allylic oxidation sites excluding steroid dienone is 12. The number of esters is 2. The lowest BCUT2D eigenvalue weighted by Crippen LogP contribution is -2.29. The first kappa shape index (κ1) is 50.5. The van der Waals surface area contributed by atoms with Gasteiger partial charge in [0.15, 0.2) is 6.10 Å². The van der Waals surface area contributed by atoms with Crippen LogP contribution in [0, 0.1) is 0 Å². The van der Waals surface area contributed by atoms with E-state index in [0.717, 1.165) is 96.3 Å². The SMILES string of the molecule is CC/C=C\C/C=C\C/C=C\C/C=C\C/C=C\C/C=C\CCCCCCCCCCC(=O)OC(COC(=O)CCCCCCC)COP(=O)(O)OCCN. The molecule has 0 bridgehead atoms. The highest BCUT2D eigenvalue weighted by Crippen LogP contribution is 2.43. The van der Waals surface area contributed by atoms with Gasteiger partial charge in [-0.2, -0.15) is 0 Å². The van der Waals surface area contributed by atoms with Gasteiger partial charge >= 0.3 is 19.8 Å². The Labute approximate surface area is 322 Å². The van der Waals surface area contributed by atoms with E-state index in [1.165, 1.54) is 25.7 Å². The Morgan fingerprint density at radius 3 is 1.55 bits per heavy atom. The standard InChI is InChI=1S/C43H74NO8P/c1-3-5-7-9-10-11-12-13-14-15-16-17-18-19-20-21-22-23-24-25-26-27-28-29-30-32-34-36-43(46)52-41(40-51-53(47,48)50-38-37-44)39-49-42(45)35-33-31-8-6-4-2/h5,7,10-11,13-14,16-17,19-20,22-23,41H,3-4,6,8-9,12,15,18,21,24-40,44H2,1-2H3,(H,47,48)/b7-5-,11-10-,14-13-,17-16-,20-19-,23-22-. The molecule has 0 saturated carbocycles. The normalized spacial score (nSPS) is 14.1. The molecule has 2 atom stereocenters. The minimum Gasteiger partial charge on any atom is -0.462 e. The van der Waals surface area contributed by atoms with Crippen LogP contribution < -0.4 is 5.73 Å². The lowest BCUT2D eigenvalue weighted by atomic mass is 10.1. The summed E-state index contributed by atoms with van der Waals surface area (Å²) in [7, 11) is -4.37. The molecule has 0 fully saturated rings. The average Bonchev–Trinajstić information content (AvgIpc) is 3.14. The smallest absolute Gasteiger partial charge is 0.462 e. The second kappa shape index (κ2) is 39.2. The number of phosphoric ester groups is 1. The van der Waals surface area contributed by atoms with Gasteiger partial charge in [0, 0.05) is 19.4 Å². The molecule has 0 aliphatic heterocycles. The van der Waals surface area contributed by atoms with Crippen molar-refractivity contribution in [2.24, 2.45) is 5.73 Å². The molecule has 0 rings (SSSR count). The van der Waals surface area contributed by atoms with Crippen molar-refractivity contribution >= 4 is 19.8 Å². The molecule has 0 spiro atoms. The van der Waals surface area contributed by atoms with Gasteiger partial charge in [-0.25, -0.2) is 4.57 Å². The van der Waals surface area contributed by atoms with Crippen molar-refractivity contribution < 1.29 is 37.6 Å². The Kier molecular flexibility index (Phi) is 37.3.